The van der Waals surface area contributed by atoms with Crippen molar-refractivity contribution >= 4 is 17.3 Å². The monoisotopic (exact) mass is 256 g/mol. The van der Waals surface area contributed by atoms with Gasteiger partial charge in [0.25, 0.3) is 5.69 Å². The maximum atomic E-state index is 10.6. The van der Waals surface area contributed by atoms with E-state index in [1.54, 1.807) is 6.07 Å². The summed E-state index contributed by atoms with van der Waals surface area (Å²) in [6, 6.07) is 4.45. The summed E-state index contributed by atoms with van der Waals surface area (Å²) in [6.07, 6.45) is 2.17. The molecule has 0 radical (unpaired) electrons. The number of benzene rings is 1. The lowest BCUT2D eigenvalue weighted by atomic mass is 10.1. The van der Waals surface area contributed by atoms with Crippen molar-refractivity contribution in [2.75, 3.05) is 13.1 Å². The van der Waals surface area contributed by atoms with E-state index in [9.17, 15) is 10.1 Å². The van der Waals surface area contributed by atoms with Gasteiger partial charge in [-0.15, -0.1) is 0 Å². The molecule has 0 spiro atoms. The third kappa shape index (κ3) is 3.08. The summed E-state index contributed by atoms with van der Waals surface area (Å²) in [4.78, 5) is 10.1. The zero-order valence-corrected chi connectivity index (χ0v) is 9.94. The highest BCUT2D eigenvalue weighted by Crippen LogP contribution is 2.29. The van der Waals surface area contributed by atoms with Crippen molar-refractivity contribution < 1.29 is 9.66 Å². The lowest BCUT2D eigenvalue weighted by Crippen LogP contribution is -2.37. The Morgan fingerprint density at radius 1 is 1.53 bits per heavy atom. The van der Waals surface area contributed by atoms with Gasteiger partial charge in [-0.25, -0.2) is 0 Å². The molecule has 1 aliphatic rings. The van der Waals surface area contributed by atoms with Crippen molar-refractivity contribution in [1.82, 2.24) is 5.32 Å². The fourth-order valence-electron chi connectivity index (χ4n) is 1.82. The molecule has 1 saturated heterocycles. The van der Waals surface area contributed by atoms with Crippen LogP contribution in [0.3, 0.4) is 0 Å². The highest BCUT2D eigenvalue weighted by molar-refractivity contribution is 6.32. The molecule has 1 aromatic rings. The third-order valence-electron chi connectivity index (χ3n) is 2.67. The molecule has 2 rings (SSSR count). The lowest BCUT2D eigenvalue weighted by molar-refractivity contribution is -0.384. The van der Waals surface area contributed by atoms with Crippen LogP contribution >= 0.6 is 11.6 Å². The first-order valence-corrected chi connectivity index (χ1v) is 5.86. The zero-order chi connectivity index (χ0) is 12.3. The molecule has 5 nitrogen and oxygen atoms in total. The Balaban J connectivity index is 2.06. The first kappa shape index (κ1) is 12.1. The van der Waals surface area contributed by atoms with Gasteiger partial charge >= 0.3 is 0 Å². The number of hydrogen-bond acceptors (Lipinski definition) is 4. The van der Waals surface area contributed by atoms with E-state index < -0.39 is 4.92 Å². The predicted octanol–water partition coefficient (Wildman–Crippen LogP) is 2.38. The Labute approximate surface area is 104 Å². The number of nitro groups is 1. The fraction of sp³-hybridized carbons (Fsp3) is 0.455. The molecular formula is C11H13ClN2O3. The molecule has 1 atom stereocenters. The molecule has 1 heterocycles. The van der Waals surface area contributed by atoms with Crippen molar-refractivity contribution in [3.63, 3.8) is 0 Å². The van der Waals surface area contributed by atoms with Crippen LogP contribution in [0.25, 0.3) is 0 Å². The van der Waals surface area contributed by atoms with Gasteiger partial charge in [0.1, 0.15) is 16.9 Å². The van der Waals surface area contributed by atoms with Crippen LogP contribution in [-0.4, -0.2) is 24.1 Å². The Bertz CT molecular complexity index is 419. The fourth-order valence-corrected chi connectivity index (χ4v) is 2.06. The molecule has 17 heavy (non-hydrogen) atoms. The number of nitro benzene ring substituents is 1. The number of rotatable bonds is 3. The van der Waals surface area contributed by atoms with E-state index in [4.69, 9.17) is 16.3 Å². The van der Waals surface area contributed by atoms with E-state index in [0.29, 0.717) is 5.75 Å². The minimum Gasteiger partial charge on any atom is -0.489 e. The minimum atomic E-state index is -0.506. The second kappa shape index (κ2) is 5.33. The van der Waals surface area contributed by atoms with Gasteiger partial charge in [0.15, 0.2) is 0 Å². The lowest BCUT2D eigenvalue weighted by Gasteiger charge is -2.23. The van der Waals surface area contributed by atoms with E-state index in [2.05, 4.69) is 5.32 Å². The van der Waals surface area contributed by atoms with E-state index in [1.807, 2.05) is 0 Å². The first-order chi connectivity index (χ1) is 8.16. The van der Waals surface area contributed by atoms with E-state index in [0.717, 1.165) is 25.9 Å². The summed E-state index contributed by atoms with van der Waals surface area (Å²) in [5.74, 6) is 0.578. The maximum Gasteiger partial charge on any atom is 0.288 e. The number of nitrogens with zero attached hydrogens (tertiary/aromatic N) is 1. The normalized spacial score (nSPS) is 19.9. The van der Waals surface area contributed by atoms with Gasteiger partial charge in [-0.05, 0) is 25.5 Å². The Morgan fingerprint density at radius 2 is 2.35 bits per heavy atom. The van der Waals surface area contributed by atoms with E-state index in [1.165, 1.54) is 12.1 Å². The third-order valence-corrected chi connectivity index (χ3v) is 2.97. The van der Waals surface area contributed by atoms with Crippen molar-refractivity contribution in [2.45, 2.75) is 18.9 Å². The summed E-state index contributed by atoms with van der Waals surface area (Å²) in [6.45, 7) is 1.81. The van der Waals surface area contributed by atoms with E-state index in [-0.39, 0.29) is 16.8 Å². The standard InChI is InChI=1S/C11H13ClN2O3/c12-10-6-8(3-4-11(10)14(15)16)17-9-2-1-5-13-7-9/h3-4,6,9,13H,1-2,5,7H2. The van der Waals surface area contributed by atoms with Crippen LogP contribution in [0.1, 0.15) is 12.8 Å². The van der Waals surface area contributed by atoms with Crippen LogP contribution in [0.4, 0.5) is 5.69 Å². The predicted molar refractivity (Wildman–Crippen MR) is 64.6 cm³/mol. The van der Waals surface area contributed by atoms with Crippen molar-refractivity contribution in [3.05, 3.63) is 33.3 Å². The largest absolute Gasteiger partial charge is 0.489 e. The Morgan fingerprint density at radius 3 is 2.94 bits per heavy atom. The second-order valence-electron chi connectivity index (χ2n) is 3.96. The maximum absolute atomic E-state index is 10.6. The van der Waals surface area contributed by atoms with Gasteiger partial charge in [-0.2, -0.15) is 0 Å². The number of hydrogen-bond donors (Lipinski definition) is 1. The van der Waals surface area contributed by atoms with Crippen molar-refractivity contribution in [2.24, 2.45) is 0 Å². The second-order valence-corrected chi connectivity index (χ2v) is 4.36. The zero-order valence-electron chi connectivity index (χ0n) is 9.19. The molecule has 1 fully saturated rings. The highest BCUT2D eigenvalue weighted by atomic mass is 35.5. The molecular weight excluding hydrogens is 244 g/mol. The van der Waals surface area contributed by atoms with Crippen molar-refractivity contribution in [3.8, 4) is 5.75 Å². The van der Waals surface area contributed by atoms with Gasteiger partial charge in [-0.1, -0.05) is 11.6 Å². The summed E-state index contributed by atoms with van der Waals surface area (Å²) in [5.41, 5.74) is -0.0965. The first-order valence-electron chi connectivity index (χ1n) is 5.48. The van der Waals surface area contributed by atoms with E-state index >= 15 is 0 Å². The molecule has 92 valence electrons. The molecule has 0 amide bonds. The molecule has 1 N–H and O–H groups in total. The quantitative estimate of drug-likeness (QED) is 0.666. The number of piperidine rings is 1. The molecule has 0 aromatic heterocycles. The molecule has 0 bridgehead atoms. The molecule has 1 unspecified atom stereocenters. The average Bonchev–Trinajstić information content (AvgIpc) is 2.30. The van der Waals surface area contributed by atoms with Crippen LogP contribution in [0.15, 0.2) is 18.2 Å². The smallest absolute Gasteiger partial charge is 0.288 e. The SMILES string of the molecule is O=[N+]([O-])c1ccc(OC2CCCNC2)cc1Cl. The van der Waals surface area contributed by atoms with Gasteiger partial charge in [0.05, 0.1) is 4.92 Å². The molecule has 1 aliphatic heterocycles. The Hall–Kier alpha value is -1.33. The van der Waals surface area contributed by atoms with Gasteiger partial charge in [0.2, 0.25) is 0 Å². The Kier molecular flexibility index (Phi) is 3.81. The molecule has 0 saturated carbocycles. The summed E-state index contributed by atoms with van der Waals surface area (Å²) >= 11 is 5.80. The van der Waals surface area contributed by atoms with Crippen LogP contribution in [0.2, 0.25) is 5.02 Å². The number of nitrogens with one attached hydrogen (secondary N) is 1. The average molecular weight is 257 g/mol. The minimum absolute atomic E-state index is 0.0965. The summed E-state index contributed by atoms with van der Waals surface area (Å²) < 4.78 is 5.70. The molecule has 6 heteroatoms. The topological polar surface area (TPSA) is 64.4 Å². The molecule has 0 aliphatic carbocycles. The summed E-state index contributed by atoms with van der Waals surface area (Å²) in [5, 5.41) is 13.9. The van der Waals surface area contributed by atoms with Crippen LogP contribution in [-0.2, 0) is 0 Å². The van der Waals surface area contributed by atoms with Crippen LogP contribution in [0, 0.1) is 10.1 Å². The number of halogens is 1. The van der Waals surface area contributed by atoms with Gasteiger partial charge in [-0.3, -0.25) is 10.1 Å². The summed E-state index contributed by atoms with van der Waals surface area (Å²) in [7, 11) is 0. The van der Waals surface area contributed by atoms with Gasteiger partial charge < -0.3 is 10.1 Å². The van der Waals surface area contributed by atoms with Crippen molar-refractivity contribution in [1.29, 1.82) is 0 Å². The van der Waals surface area contributed by atoms with Crippen LogP contribution in [0.5, 0.6) is 5.75 Å². The molecule has 1 aromatic carbocycles. The highest BCUT2D eigenvalue weighted by Gasteiger charge is 2.17. The van der Waals surface area contributed by atoms with Crippen LogP contribution < -0.4 is 10.1 Å². The number of ether oxygens (including phenoxy) is 1. The van der Waals surface area contributed by atoms with Gasteiger partial charge in [0, 0.05) is 18.7 Å².